The van der Waals surface area contributed by atoms with E-state index in [1.54, 1.807) is 48.2 Å². The molecule has 0 spiro atoms. The zero-order valence-electron chi connectivity index (χ0n) is 14.6. The summed E-state index contributed by atoms with van der Waals surface area (Å²) in [6, 6.07) is 11.1. The lowest BCUT2D eigenvalue weighted by atomic mass is 10.0. The van der Waals surface area contributed by atoms with Gasteiger partial charge in [-0.05, 0) is 54.0 Å². The van der Waals surface area contributed by atoms with Gasteiger partial charge in [0.1, 0.15) is 5.82 Å². The Morgan fingerprint density at radius 3 is 2.67 bits per heavy atom. The lowest BCUT2D eigenvalue weighted by molar-refractivity contribution is -0.117. The minimum atomic E-state index is -3.32. The number of halogens is 1. The summed E-state index contributed by atoms with van der Waals surface area (Å²) in [5, 5.41) is 2.92. The summed E-state index contributed by atoms with van der Waals surface area (Å²) in [7, 11) is -3.32. The topological polar surface area (TPSA) is 75.3 Å². The number of carbonyl (C=O) groups is 1. The predicted molar refractivity (Wildman–Crippen MR) is 107 cm³/mol. The van der Waals surface area contributed by atoms with Gasteiger partial charge in [-0.15, -0.1) is 11.8 Å². The average Bonchev–Trinajstić information content (AvgIpc) is 2.60. The molecule has 3 rings (SSSR count). The normalized spacial score (nSPS) is 16.7. The zero-order valence-corrected chi connectivity index (χ0v) is 16.2. The highest BCUT2D eigenvalue weighted by atomic mass is 32.2. The van der Waals surface area contributed by atoms with Crippen LogP contribution < -0.4 is 10.0 Å². The number of thioether (sulfide) groups is 1. The molecule has 2 aromatic carbocycles. The molecule has 142 valence electrons. The van der Waals surface area contributed by atoms with Gasteiger partial charge in [0.25, 0.3) is 0 Å². The Labute approximate surface area is 162 Å². The number of sulfonamides is 1. The maximum atomic E-state index is 13.5. The second-order valence-corrected chi connectivity index (χ2v) is 9.10. The van der Waals surface area contributed by atoms with E-state index in [1.165, 1.54) is 18.2 Å². The highest BCUT2D eigenvalue weighted by Gasteiger charge is 2.22. The van der Waals surface area contributed by atoms with Crippen LogP contribution in [0.25, 0.3) is 6.08 Å². The van der Waals surface area contributed by atoms with E-state index in [2.05, 4.69) is 10.0 Å². The highest BCUT2D eigenvalue weighted by Crippen LogP contribution is 2.36. The van der Waals surface area contributed by atoms with Gasteiger partial charge in [0.2, 0.25) is 15.9 Å². The van der Waals surface area contributed by atoms with Crippen molar-refractivity contribution in [3.63, 3.8) is 0 Å². The molecule has 1 atom stereocenters. The van der Waals surface area contributed by atoms with Gasteiger partial charge in [-0.1, -0.05) is 12.1 Å². The molecule has 1 aliphatic heterocycles. The molecule has 0 saturated heterocycles. The van der Waals surface area contributed by atoms with Crippen LogP contribution in [0, 0.1) is 5.82 Å². The van der Waals surface area contributed by atoms with Crippen molar-refractivity contribution in [2.75, 3.05) is 16.7 Å². The summed E-state index contributed by atoms with van der Waals surface area (Å²) in [5.41, 5.74) is 2.02. The summed E-state index contributed by atoms with van der Waals surface area (Å²) in [6.07, 6.45) is 4.88. The number of hydrogen-bond acceptors (Lipinski definition) is 4. The van der Waals surface area contributed by atoms with Gasteiger partial charge in [0, 0.05) is 22.4 Å². The Bertz CT molecular complexity index is 973. The Kier molecular flexibility index (Phi) is 5.86. The van der Waals surface area contributed by atoms with Gasteiger partial charge >= 0.3 is 0 Å². The lowest BCUT2D eigenvalue weighted by Crippen LogP contribution is -2.29. The van der Waals surface area contributed by atoms with Crippen LogP contribution in [0.4, 0.5) is 10.1 Å². The molecule has 0 aliphatic carbocycles. The first-order chi connectivity index (χ1) is 12.8. The van der Waals surface area contributed by atoms with Crippen LogP contribution in [0.3, 0.4) is 0 Å². The van der Waals surface area contributed by atoms with Crippen LogP contribution >= 0.6 is 11.8 Å². The molecule has 1 amide bonds. The molecule has 1 unspecified atom stereocenters. The van der Waals surface area contributed by atoms with Crippen molar-refractivity contribution in [2.45, 2.75) is 17.4 Å². The van der Waals surface area contributed by atoms with Crippen LogP contribution in [-0.4, -0.2) is 26.3 Å². The Balaban J connectivity index is 1.64. The first kappa shape index (κ1) is 19.4. The van der Waals surface area contributed by atoms with Gasteiger partial charge in [-0.3, -0.25) is 9.52 Å². The fraction of sp³-hybridized carbons (Fsp3) is 0.211. The molecule has 2 N–H and O–H groups in total. The molecule has 1 aliphatic rings. The van der Waals surface area contributed by atoms with Gasteiger partial charge in [-0.2, -0.15) is 0 Å². The van der Waals surface area contributed by atoms with E-state index in [4.69, 9.17) is 0 Å². The Morgan fingerprint density at radius 2 is 1.96 bits per heavy atom. The smallest absolute Gasteiger partial charge is 0.244 e. The van der Waals surface area contributed by atoms with Crippen molar-refractivity contribution in [2.24, 2.45) is 0 Å². The Morgan fingerprint density at radius 1 is 1.22 bits per heavy atom. The first-order valence-corrected chi connectivity index (χ1v) is 11.2. The third kappa shape index (κ3) is 5.58. The average molecular weight is 407 g/mol. The van der Waals surface area contributed by atoms with Crippen molar-refractivity contribution in [1.82, 2.24) is 5.32 Å². The van der Waals surface area contributed by atoms with E-state index in [0.717, 1.165) is 34.5 Å². The monoisotopic (exact) mass is 406 g/mol. The number of carbonyl (C=O) groups excluding carboxylic acids is 1. The molecule has 27 heavy (non-hydrogen) atoms. The molecule has 8 heteroatoms. The standard InChI is InChI=1S/C19H19FN2O3S2/c1-27(24,25)22-15-6-2-13(3-7-15)4-9-19(23)21-17-10-11-26-18-8-5-14(20)12-16(17)18/h2-9,12,17,22H,10-11H2,1H3,(H,21,23)/b9-4+. The number of amides is 1. The molecule has 0 saturated carbocycles. The third-order valence-electron chi connectivity index (χ3n) is 3.97. The van der Waals surface area contributed by atoms with Gasteiger partial charge < -0.3 is 5.32 Å². The van der Waals surface area contributed by atoms with Gasteiger partial charge in [0.05, 0.1) is 12.3 Å². The lowest BCUT2D eigenvalue weighted by Gasteiger charge is -2.25. The zero-order chi connectivity index (χ0) is 19.4. The number of rotatable bonds is 5. The van der Waals surface area contributed by atoms with Crippen LogP contribution in [0.1, 0.15) is 23.6 Å². The van der Waals surface area contributed by atoms with E-state index < -0.39 is 10.0 Å². The van der Waals surface area contributed by atoms with Crippen LogP contribution in [0.5, 0.6) is 0 Å². The molecular weight excluding hydrogens is 387 g/mol. The van der Waals surface area contributed by atoms with Crippen molar-refractivity contribution < 1.29 is 17.6 Å². The van der Waals surface area contributed by atoms with Gasteiger partial charge in [0.15, 0.2) is 0 Å². The minimum Gasteiger partial charge on any atom is -0.346 e. The summed E-state index contributed by atoms with van der Waals surface area (Å²) in [6.45, 7) is 0. The number of fused-ring (bicyclic) bond motifs is 1. The number of hydrogen-bond donors (Lipinski definition) is 2. The van der Waals surface area contributed by atoms with E-state index in [0.29, 0.717) is 5.69 Å². The molecule has 1 heterocycles. The Hall–Kier alpha value is -2.32. The van der Waals surface area contributed by atoms with Gasteiger partial charge in [-0.25, -0.2) is 12.8 Å². The second kappa shape index (κ2) is 8.14. The predicted octanol–water partition coefficient (Wildman–Crippen LogP) is 3.56. The highest BCUT2D eigenvalue weighted by molar-refractivity contribution is 7.99. The summed E-state index contributed by atoms with van der Waals surface area (Å²) < 4.78 is 38.3. The molecular formula is C19H19FN2O3S2. The summed E-state index contributed by atoms with van der Waals surface area (Å²) >= 11 is 1.66. The minimum absolute atomic E-state index is 0.213. The molecule has 0 bridgehead atoms. The van der Waals surface area contributed by atoms with Crippen LogP contribution in [-0.2, 0) is 14.8 Å². The van der Waals surface area contributed by atoms with Crippen molar-refractivity contribution in [3.05, 3.63) is 65.5 Å². The third-order valence-corrected chi connectivity index (χ3v) is 5.70. The van der Waals surface area contributed by atoms with E-state index in [9.17, 15) is 17.6 Å². The largest absolute Gasteiger partial charge is 0.346 e. The van der Waals surface area contributed by atoms with Crippen LogP contribution in [0.15, 0.2) is 53.4 Å². The number of anilines is 1. The second-order valence-electron chi connectivity index (χ2n) is 6.21. The molecule has 0 aromatic heterocycles. The number of nitrogens with one attached hydrogen (secondary N) is 2. The van der Waals surface area contributed by atoms with Crippen LogP contribution in [0.2, 0.25) is 0 Å². The molecule has 2 aromatic rings. The fourth-order valence-electron chi connectivity index (χ4n) is 2.78. The maximum Gasteiger partial charge on any atom is 0.244 e. The SMILES string of the molecule is CS(=O)(=O)Nc1ccc(/C=C/C(=O)NC2CCSc3ccc(F)cc32)cc1. The first-order valence-electron chi connectivity index (χ1n) is 8.29. The van der Waals surface area contributed by atoms with Crippen molar-refractivity contribution >= 4 is 39.5 Å². The van der Waals surface area contributed by atoms with Crippen molar-refractivity contribution in [1.29, 1.82) is 0 Å². The summed E-state index contributed by atoms with van der Waals surface area (Å²) in [4.78, 5) is 13.2. The maximum absolute atomic E-state index is 13.5. The van der Waals surface area contributed by atoms with E-state index in [-0.39, 0.29) is 17.8 Å². The number of benzene rings is 2. The van der Waals surface area contributed by atoms with E-state index in [1.807, 2.05) is 0 Å². The van der Waals surface area contributed by atoms with E-state index >= 15 is 0 Å². The fourth-order valence-corrected chi connectivity index (χ4v) is 4.45. The quantitative estimate of drug-likeness (QED) is 0.745. The summed E-state index contributed by atoms with van der Waals surface area (Å²) in [5.74, 6) is 0.288. The molecule has 5 nitrogen and oxygen atoms in total. The molecule has 0 radical (unpaired) electrons. The van der Waals surface area contributed by atoms with Crippen molar-refractivity contribution in [3.8, 4) is 0 Å². The molecule has 0 fully saturated rings.